The average molecular weight is 665 g/mol. The number of fused-ring (bicyclic) bond motifs is 2. The summed E-state index contributed by atoms with van der Waals surface area (Å²) in [6, 6.07) is 30.8. The third-order valence-corrected chi connectivity index (χ3v) is 9.60. The number of rotatable bonds is 9. The van der Waals surface area contributed by atoms with E-state index in [-0.39, 0.29) is 40.9 Å². The molecular weight excluding hydrogens is 628 g/mol. The number of esters is 1. The van der Waals surface area contributed by atoms with E-state index in [0.717, 1.165) is 11.1 Å². The van der Waals surface area contributed by atoms with Crippen molar-refractivity contribution >= 4 is 40.2 Å². The van der Waals surface area contributed by atoms with Crippen LogP contribution in [0.3, 0.4) is 0 Å². The zero-order chi connectivity index (χ0) is 34.9. The van der Waals surface area contributed by atoms with E-state index < -0.39 is 12.1 Å². The molecule has 0 radical (unpaired) electrons. The standard InChI is InChI=1S/C42H36N2O6/c1-25-9-7-14-34-37(25)41(47)44(40(34)46)31-19-15-29(16-20-31)36-23-35(33-13-8-10-26(2)38(33)43-36)42(48)50-27(3)39(45)30-17-21-32(22-18-30)49-24-28-11-5-4-6-12-28/h4-13,15-23,25,27,34,37H,14,24H2,1-3H3. The second-order valence-electron chi connectivity index (χ2n) is 13.0. The summed E-state index contributed by atoms with van der Waals surface area (Å²) in [4.78, 5) is 59.8. The van der Waals surface area contributed by atoms with E-state index in [9.17, 15) is 19.2 Å². The van der Waals surface area contributed by atoms with Crippen molar-refractivity contribution in [2.24, 2.45) is 17.8 Å². The van der Waals surface area contributed by atoms with Crippen LogP contribution in [-0.2, 0) is 20.9 Å². The van der Waals surface area contributed by atoms with Crippen LogP contribution in [0.2, 0.25) is 0 Å². The Morgan fingerprint density at radius 2 is 1.64 bits per heavy atom. The Balaban J connectivity index is 1.10. The van der Waals surface area contributed by atoms with Gasteiger partial charge in [0.25, 0.3) is 0 Å². The quantitative estimate of drug-likeness (QED) is 0.0683. The molecule has 1 fully saturated rings. The van der Waals surface area contributed by atoms with Crippen molar-refractivity contribution in [3.05, 3.63) is 138 Å². The van der Waals surface area contributed by atoms with Crippen molar-refractivity contribution in [1.29, 1.82) is 0 Å². The number of para-hydroxylation sites is 1. The van der Waals surface area contributed by atoms with Gasteiger partial charge in [-0.05, 0) is 79.8 Å². The SMILES string of the molecule is Cc1cccc2c(C(=O)OC(C)C(=O)c3ccc(OCc4ccccc4)cc3)cc(-c3ccc(N4C(=O)C5CC=CC(C)C5C4=O)cc3)nc12. The minimum atomic E-state index is -1.05. The number of hydrogen-bond acceptors (Lipinski definition) is 7. The first-order valence-electron chi connectivity index (χ1n) is 16.8. The van der Waals surface area contributed by atoms with E-state index in [1.54, 1.807) is 67.6 Å². The van der Waals surface area contributed by atoms with E-state index in [4.69, 9.17) is 14.5 Å². The molecule has 8 nitrogen and oxygen atoms in total. The number of pyridine rings is 1. The van der Waals surface area contributed by atoms with Gasteiger partial charge in [0.05, 0.1) is 34.3 Å². The molecule has 250 valence electrons. The lowest BCUT2D eigenvalue weighted by molar-refractivity contribution is -0.122. The van der Waals surface area contributed by atoms with Gasteiger partial charge in [0, 0.05) is 16.5 Å². The molecule has 8 heteroatoms. The van der Waals surface area contributed by atoms with E-state index in [1.165, 1.54) is 4.90 Å². The van der Waals surface area contributed by atoms with Crippen LogP contribution < -0.4 is 9.64 Å². The molecule has 2 aliphatic rings. The Kier molecular flexibility index (Phi) is 8.85. The molecule has 7 rings (SSSR count). The number of benzene rings is 4. The fourth-order valence-corrected chi connectivity index (χ4v) is 6.86. The number of ether oxygens (including phenoxy) is 2. The maximum absolute atomic E-state index is 13.7. The highest BCUT2D eigenvalue weighted by Crippen LogP contribution is 2.41. The van der Waals surface area contributed by atoms with Gasteiger partial charge in [-0.2, -0.15) is 0 Å². The number of aryl methyl sites for hydroxylation is 1. The van der Waals surface area contributed by atoms with Crippen LogP contribution in [0, 0.1) is 24.7 Å². The van der Waals surface area contributed by atoms with Crippen LogP contribution >= 0.6 is 0 Å². The number of amides is 2. The highest BCUT2D eigenvalue weighted by atomic mass is 16.5. The number of Topliss-reactive ketones (excluding diaryl/α,β-unsaturated/α-hetero) is 1. The molecule has 4 atom stereocenters. The number of carbonyl (C=O) groups is 4. The normalized spacial score (nSPS) is 18.9. The van der Waals surface area contributed by atoms with E-state index in [1.807, 2.05) is 68.5 Å². The lowest BCUT2D eigenvalue weighted by atomic mass is 9.78. The topological polar surface area (TPSA) is 103 Å². The molecule has 0 bridgehead atoms. The zero-order valence-electron chi connectivity index (χ0n) is 28.0. The fraction of sp³-hybridized carbons (Fsp3) is 0.214. The molecule has 2 amide bonds. The maximum Gasteiger partial charge on any atom is 0.339 e. The second kappa shape index (κ2) is 13.6. The minimum Gasteiger partial charge on any atom is -0.489 e. The van der Waals surface area contributed by atoms with Gasteiger partial charge in [-0.15, -0.1) is 0 Å². The van der Waals surface area contributed by atoms with Crippen LogP contribution in [0.15, 0.2) is 115 Å². The maximum atomic E-state index is 13.7. The number of carbonyl (C=O) groups excluding carboxylic acids is 4. The first-order chi connectivity index (χ1) is 24.2. The molecule has 0 N–H and O–H groups in total. The first kappa shape index (κ1) is 32.6. The lowest BCUT2D eigenvalue weighted by Crippen LogP contribution is -2.31. The van der Waals surface area contributed by atoms with Gasteiger partial charge in [0.2, 0.25) is 17.6 Å². The van der Waals surface area contributed by atoms with Crippen LogP contribution in [0.25, 0.3) is 22.2 Å². The Morgan fingerprint density at radius 3 is 2.36 bits per heavy atom. The molecular formula is C42H36N2O6. The number of hydrogen-bond donors (Lipinski definition) is 0. The lowest BCUT2D eigenvalue weighted by Gasteiger charge is -2.22. The summed E-state index contributed by atoms with van der Waals surface area (Å²) in [7, 11) is 0. The molecule has 1 aliphatic heterocycles. The van der Waals surface area contributed by atoms with Gasteiger partial charge >= 0.3 is 5.97 Å². The van der Waals surface area contributed by atoms with E-state index in [2.05, 4.69) is 0 Å². The van der Waals surface area contributed by atoms with Crippen LogP contribution in [-0.4, -0.2) is 34.7 Å². The zero-order valence-corrected chi connectivity index (χ0v) is 28.0. The largest absolute Gasteiger partial charge is 0.489 e. The van der Waals surface area contributed by atoms with E-state index >= 15 is 0 Å². The predicted molar refractivity (Wildman–Crippen MR) is 191 cm³/mol. The van der Waals surface area contributed by atoms with Crippen LogP contribution in [0.4, 0.5) is 5.69 Å². The molecule has 0 saturated carbocycles. The van der Waals surface area contributed by atoms with Gasteiger partial charge in [-0.1, -0.05) is 79.7 Å². The Morgan fingerprint density at radius 1 is 0.900 bits per heavy atom. The molecule has 4 aromatic carbocycles. The van der Waals surface area contributed by atoms with Gasteiger partial charge in [0.1, 0.15) is 12.4 Å². The van der Waals surface area contributed by atoms with Crippen LogP contribution in [0.1, 0.15) is 52.1 Å². The van der Waals surface area contributed by atoms with Gasteiger partial charge < -0.3 is 9.47 Å². The van der Waals surface area contributed by atoms with Gasteiger partial charge in [-0.3, -0.25) is 19.3 Å². The molecule has 1 aromatic heterocycles. The van der Waals surface area contributed by atoms with Crippen molar-refractivity contribution in [3.63, 3.8) is 0 Å². The minimum absolute atomic E-state index is 0.000940. The summed E-state index contributed by atoms with van der Waals surface area (Å²) >= 11 is 0. The fourth-order valence-electron chi connectivity index (χ4n) is 6.86. The molecule has 0 spiro atoms. The summed E-state index contributed by atoms with van der Waals surface area (Å²) in [5, 5.41) is 0.605. The van der Waals surface area contributed by atoms with Crippen molar-refractivity contribution in [3.8, 4) is 17.0 Å². The monoisotopic (exact) mass is 664 g/mol. The predicted octanol–water partition coefficient (Wildman–Crippen LogP) is 7.92. The Bertz CT molecular complexity index is 2140. The number of allylic oxidation sites excluding steroid dienone is 2. The number of ketones is 1. The first-order valence-corrected chi connectivity index (χ1v) is 16.8. The van der Waals surface area contributed by atoms with Crippen molar-refractivity contribution < 1.29 is 28.7 Å². The molecule has 1 saturated heterocycles. The van der Waals surface area contributed by atoms with Crippen molar-refractivity contribution in [1.82, 2.24) is 4.98 Å². The highest BCUT2D eigenvalue weighted by Gasteiger charge is 2.50. The number of aromatic nitrogens is 1. The third-order valence-electron chi connectivity index (χ3n) is 9.60. The number of nitrogens with zero attached hydrogens (tertiary/aromatic N) is 2. The summed E-state index contributed by atoms with van der Waals surface area (Å²) in [6.07, 6.45) is 3.50. The Labute approximate surface area is 290 Å². The van der Waals surface area contributed by atoms with Crippen molar-refractivity contribution in [2.45, 2.75) is 39.9 Å². The highest BCUT2D eigenvalue weighted by molar-refractivity contribution is 6.22. The molecule has 5 aromatic rings. The van der Waals surface area contributed by atoms with Crippen LogP contribution in [0.5, 0.6) is 5.75 Å². The summed E-state index contributed by atoms with van der Waals surface area (Å²) in [5.74, 6) is -1.40. The smallest absolute Gasteiger partial charge is 0.339 e. The molecule has 50 heavy (non-hydrogen) atoms. The van der Waals surface area contributed by atoms with Gasteiger partial charge in [0.15, 0.2) is 6.10 Å². The van der Waals surface area contributed by atoms with E-state index in [0.29, 0.717) is 52.2 Å². The van der Waals surface area contributed by atoms with Gasteiger partial charge in [-0.25, -0.2) is 9.78 Å². The summed E-state index contributed by atoms with van der Waals surface area (Å²) in [5.41, 5.74) is 4.91. The molecule has 1 aliphatic carbocycles. The van der Waals surface area contributed by atoms with Crippen molar-refractivity contribution in [2.75, 3.05) is 4.90 Å². The Hall–Kier alpha value is -5.89. The summed E-state index contributed by atoms with van der Waals surface area (Å²) < 4.78 is 11.6. The molecule has 2 heterocycles. The number of imide groups is 1. The second-order valence-corrected chi connectivity index (χ2v) is 13.0. The third kappa shape index (κ3) is 6.20. The number of anilines is 1. The molecule has 4 unspecified atom stereocenters. The summed E-state index contributed by atoms with van der Waals surface area (Å²) in [6.45, 7) is 5.85. The average Bonchev–Trinajstić information content (AvgIpc) is 3.40.